The smallest absolute Gasteiger partial charge is 0.224 e. The molecule has 3 rings (SSSR count). The van der Waals surface area contributed by atoms with Crippen molar-refractivity contribution in [3.8, 4) is 11.3 Å². The monoisotopic (exact) mass is 302 g/mol. The van der Waals surface area contributed by atoms with Crippen LogP contribution in [-0.2, 0) is 6.61 Å². The molecule has 0 aliphatic carbocycles. The molecule has 0 atom stereocenters. The van der Waals surface area contributed by atoms with Gasteiger partial charge in [0.25, 0.3) is 0 Å². The number of hydrogen-bond acceptors (Lipinski definition) is 6. The van der Waals surface area contributed by atoms with Gasteiger partial charge in [-0.25, -0.2) is 9.97 Å². The van der Waals surface area contributed by atoms with Crippen LogP contribution in [-0.4, -0.2) is 30.3 Å². The Morgan fingerprint density at radius 2 is 2.10 bits per heavy atom. The number of rotatable bonds is 4. The van der Waals surface area contributed by atoms with Crippen molar-refractivity contribution in [1.29, 1.82) is 0 Å². The molecule has 0 radical (unpaired) electrons. The van der Waals surface area contributed by atoms with Gasteiger partial charge in [-0.05, 0) is 29.8 Å². The number of aliphatic hydroxyl groups excluding tert-OH is 1. The Labute approximate surface area is 125 Å². The predicted molar refractivity (Wildman–Crippen MR) is 78.1 cm³/mol. The van der Waals surface area contributed by atoms with Gasteiger partial charge in [0, 0.05) is 24.0 Å². The summed E-state index contributed by atoms with van der Waals surface area (Å²) in [4.78, 5) is 12.0. The van der Waals surface area contributed by atoms with Gasteiger partial charge < -0.3 is 10.4 Å². The average Bonchev–Trinajstić information content (AvgIpc) is 2.96. The van der Waals surface area contributed by atoms with E-state index in [1.807, 2.05) is 12.1 Å². The Morgan fingerprint density at radius 3 is 2.81 bits per heavy atom. The third-order valence-electron chi connectivity index (χ3n) is 2.76. The van der Waals surface area contributed by atoms with Crippen LogP contribution in [0.4, 0.5) is 11.6 Å². The summed E-state index contributed by atoms with van der Waals surface area (Å²) in [5, 5.41) is 19.2. The summed E-state index contributed by atoms with van der Waals surface area (Å²) in [6.07, 6.45) is 3.23. The minimum Gasteiger partial charge on any atom is -0.390 e. The Balaban J connectivity index is 1.79. The maximum atomic E-state index is 8.97. The van der Waals surface area contributed by atoms with Crippen LogP contribution in [0.3, 0.4) is 0 Å². The van der Waals surface area contributed by atoms with E-state index in [-0.39, 0.29) is 11.9 Å². The molecule has 0 bridgehead atoms. The molecule has 3 N–H and O–H groups in total. The van der Waals surface area contributed by atoms with Crippen LogP contribution in [0.1, 0.15) is 5.69 Å². The molecule has 0 spiro atoms. The number of aromatic nitrogens is 5. The van der Waals surface area contributed by atoms with Gasteiger partial charge in [0.2, 0.25) is 5.28 Å². The SMILES string of the molecule is OCc1ccc(-c2cc(Nc3ccnc(Cl)n3)n[nH]2)cn1. The molecule has 0 aliphatic rings. The first kappa shape index (κ1) is 13.5. The second-order valence-electron chi connectivity index (χ2n) is 4.20. The molecule has 3 aromatic heterocycles. The second-order valence-corrected chi connectivity index (χ2v) is 4.54. The lowest BCUT2D eigenvalue weighted by molar-refractivity contribution is 0.277. The zero-order chi connectivity index (χ0) is 14.7. The predicted octanol–water partition coefficient (Wildman–Crippen LogP) is 2.15. The van der Waals surface area contributed by atoms with Crippen LogP contribution < -0.4 is 5.32 Å². The molecule has 0 saturated heterocycles. The number of pyridine rings is 1. The van der Waals surface area contributed by atoms with Crippen LogP contribution >= 0.6 is 11.6 Å². The zero-order valence-corrected chi connectivity index (χ0v) is 11.5. The van der Waals surface area contributed by atoms with Crippen LogP contribution in [0, 0.1) is 0 Å². The third kappa shape index (κ3) is 3.15. The van der Waals surface area contributed by atoms with Crippen LogP contribution in [0.2, 0.25) is 5.28 Å². The highest BCUT2D eigenvalue weighted by Crippen LogP contribution is 2.21. The normalized spacial score (nSPS) is 10.6. The molecule has 0 amide bonds. The molecule has 7 nitrogen and oxygen atoms in total. The van der Waals surface area contributed by atoms with Gasteiger partial charge in [-0.2, -0.15) is 5.10 Å². The first-order valence-electron chi connectivity index (χ1n) is 6.12. The van der Waals surface area contributed by atoms with Crippen molar-refractivity contribution in [2.45, 2.75) is 6.61 Å². The van der Waals surface area contributed by atoms with E-state index in [1.165, 1.54) is 0 Å². The quantitative estimate of drug-likeness (QED) is 0.639. The molecule has 8 heteroatoms. The van der Waals surface area contributed by atoms with Gasteiger partial charge in [0.15, 0.2) is 5.82 Å². The first-order chi connectivity index (χ1) is 10.2. The number of anilines is 2. The lowest BCUT2D eigenvalue weighted by Gasteiger charge is -2.00. The van der Waals surface area contributed by atoms with Crippen molar-refractivity contribution in [3.05, 3.63) is 47.6 Å². The molecule has 106 valence electrons. The Hall–Kier alpha value is -2.51. The summed E-state index contributed by atoms with van der Waals surface area (Å²) in [7, 11) is 0. The number of nitrogens with one attached hydrogen (secondary N) is 2. The van der Waals surface area contributed by atoms with Crippen LogP contribution in [0.5, 0.6) is 0 Å². The van der Waals surface area contributed by atoms with E-state index < -0.39 is 0 Å². The summed E-state index contributed by atoms with van der Waals surface area (Å²) in [6.45, 7) is -0.0788. The number of nitrogens with zero attached hydrogens (tertiary/aromatic N) is 4. The molecule has 0 fully saturated rings. The van der Waals surface area contributed by atoms with Gasteiger partial charge >= 0.3 is 0 Å². The van der Waals surface area contributed by atoms with Crippen molar-refractivity contribution >= 4 is 23.2 Å². The summed E-state index contributed by atoms with van der Waals surface area (Å²) < 4.78 is 0. The topological polar surface area (TPSA) is 99.6 Å². The van der Waals surface area contributed by atoms with E-state index in [0.29, 0.717) is 17.3 Å². The third-order valence-corrected chi connectivity index (χ3v) is 2.94. The fraction of sp³-hybridized carbons (Fsp3) is 0.0769. The fourth-order valence-electron chi connectivity index (χ4n) is 1.75. The minimum atomic E-state index is -0.0788. The largest absolute Gasteiger partial charge is 0.390 e. The molecule has 3 heterocycles. The average molecular weight is 303 g/mol. The minimum absolute atomic E-state index is 0.0788. The molecule has 0 saturated carbocycles. The van der Waals surface area contributed by atoms with Crippen molar-refractivity contribution < 1.29 is 5.11 Å². The second kappa shape index (κ2) is 5.86. The van der Waals surface area contributed by atoms with Gasteiger partial charge in [-0.3, -0.25) is 10.1 Å². The molecular formula is C13H11ClN6O. The molecule has 0 aromatic carbocycles. The van der Waals surface area contributed by atoms with E-state index in [9.17, 15) is 0 Å². The molecule has 0 aliphatic heterocycles. The van der Waals surface area contributed by atoms with E-state index in [1.54, 1.807) is 24.5 Å². The van der Waals surface area contributed by atoms with Crippen LogP contribution in [0.15, 0.2) is 36.7 Å². The zero-order valence-electron chi connectivity index (χ0n) is 10.8. The van der Waals surface area contributed by atoms with E-state index in [0.717, 1.165) is 11.3 Å². The van der Waals surface area contributed by atoms with Crippen molar-refractivity contribution in [1.82, 2.24) is 25.1 Å². The molecular weight excluding hydrogens is 292 g/mol. The standard InChI is InChI=1S/C13H11ClN6O/c14-13-15-4-3-11(18-13)17-12-5-10(19-20-12)8-1-2-9(7-21)16-6-8/h1-6,21H,7H2,(H2,15,17,18,19,20). The highest BCUT2D eigenvalue weighted by molar-refractivity contribution is 6.28. The molecule has 0 unspecified atom stereocenters. The summed E-state index contributed by atoms with van der Waals surface area (Å²) in [5.41, 5.74) is 2.29. The highest BCUT2D eigenvalue weighted by Gasteiger charge is 2.05. The molecule has 3 aromatic rings. The maximum Gasteiger partial charge on any atom is 0.224 e. The fourth-order valence-corrected chi connectivity index (χ4v) is 1.89. The van der Waals surface area contributed by atoms with Gasteiger partial charge in [-0.15, -0.1) is 0 Å². The van der Waals surface area contributed by atoms with Gasteiger partial charge in [0.05, 0.1) is 18.0 Å². The number of halogens is 1. The lowest BCUT2D eigenvalue weighted by Crippen LogP contribution is -1.94. The van der Waals surface area contributed by atoms with Gasteiger partial charge in [0.1, 0.15) is 5.82 Å². The first-order valence-corrected chi connectivity index (χ1v) is 6.49. The highest BCUT2D eigenvalue weighted by atomic mass is 35.5. The number of H-pyrrole nitrogens is 1. The van der Waals surface area contributed by atoms with Crippen molar-refractivity contribution in [2.75, 3.05) is 5.32 Å². The number of aliphatic hydroxyl groups is 1. The lowest BCUT2D eigenvalue weighted by atomic mass is 10.2. The van der Waals surface area contributed by atoms with E-state index in [2.05, 4.69) is 30.5 Å². The van der Waals surface area contributed by atoms with Gasteiger partial charge in [-0.1, -0.05) is 0 Å². The van der Waals surface area contributed by atoms with Crippen molar-refractivity contribution in [3.63, 3.8) is 0 Å². The Morgan fingerprint density at radius 1 is 1.19 bits per heavy atom. The Bertz CT molecular complexity index is 742. The Kier molecular flexibility index (Phi) is 3.76. The van der Waals surface area contributed by atoms with Crippen molar-refractivity contribution in [2.24, 2.45) is 0 Å². The van der Waals surface area contributed by atoms with E-state index in [4.69, 9.17) is 16.7 Å². The number of hydrogen-bond donors (Lipinski definition) is 3. The molecule has 21 heavy (non-hydrogen) atoms. The summed E-state index contributed by atoms with van der Waals surface area (Å²) in [5.74, 6) is 1.16. The van der Waals surface area contributed by atoms with Crippen LogP contribution in [0.25, 0.3) is 11.3 Å². The van der Waals surface area contributed by atoms with E-state index >= 15 is 0 Å². The number of aromatic amines is 1. The summed E-state index contributed by atoms with van der Waals surface area (Å²) >= 11 is 5.72. The maximum absolute atomic E-state index is 8.97. The summed E-state index contributed by atoms with van der Waals surface area (Å²) in [6, 6.07) is 7.13.